The molecule has 0 radical (unpaired) electrons. The third-order valence-electron chi connectivity index (χ3n) is 5.26. The minimum atomic E-state index is -0.807. The van der Waals surface area contributed by atoms with Gasteiger partial charge in [0.05, 0.1) is 5.69 Å². The molecule has 2 amide bonds. The summed E-state index contributed by atoms with van der Waals surface area (Å²) in [6, 6.07) is 7.69. The van der Waals surface area contributed by atoms with E-state index >= 15 is 0 Å². The zero-order valence-electron chi connectivity index (χ0n) is 11.5. The molecule has 5 nitrogen and oxygen atoms in total. The van der Waals surface area contributed by atoms with Crippen LogP contribution in [0.5, 0.6) is 0 Å². The molecule has 1 aromatic carbocycles. The van der Waals surface area contributed by atoms with Gasteiger partial charge in [0, 0.05) is 23.9 Å². The Labute approximate surface area is 121 Å². The van der Waals surface area contributed by atoms with E-state index in [1.165, 1.54) is 0 Å². The topological polar surface area (TPSA) is 65.2 Å². The van der Waals surface area contributed by atoms with Crippen LogP contribution >= 0.6 is 0 Å². The lowest BCUT2D eigenvalue weighted by Crippen LogP contribution is -2.65. The highest BCUT2D eigenvalue weighted by atomic mass is 16.2. The van der Waals surface area contributed by atoms with E-state index in [-0.39, 0.29) is 11.8 Å². The number of carbonyl (C=O) groups excluding carboxylic acids is 2. The monoisotopic (exact) mass is 281 g/mol. The fraction of sp³-hybridized carbons (Fsp3) is 0.375. The standard InChI is InChI=1S/C16H15N3O2/c20-14-12-8-10-9-4-1-2-5-11(9)17-13(10)16(15(21)18-12)6-3-7-19(14)16/h1-2,4-5,12,17H,3,6-8H2,(H,18,21)/t12-,16-/m1/s1. The summed E-state index contributed by atoms with van der Waals surface area (Å²) in [5, 5.41) is 4.07. The fourth-order valence-corrected chi connectivity index (χ4v) is 4.36. The number of hydrogen-bond donors (Lipinski definition) is 2. The van der Waals surface area contributed by atoms with E-state index in [1.807, 2.05) is 18.2 Å². The molecular weight excluding hydrogens is 266 g/mol. The number of rotatable bonds is 0. The summed E-state index contributed by atoms with van der Waals surface area (Å²) >= 11 is 0. The van der Waals surface area contributed by atoms with Crippen molar-refractivity contribution in [3.05, 3.63) is 35.5 Å². The minimum absolute atomic E-state index is 0.0186. The first kappa shape index (κ1) is 11.4. The maximum atomic E-state index is 12.7. The molecule has 2 N–H and O–H groups in total. The van der Waals surface area contributed by atoms with E-state index < -0.39 is 11.6 Å². The van der Waals surface area contributed by atoms with Crippen molar-refractivity contribution in [1.29, 1.82) is 0 Å². The summed E-state index contributed by atoms with van der Waals surface area (Å²) < 4.78 is 0. The number of nitrogens with zero attached hydrogens (tertiary/aromatic N) is 1. The van der Waals surface area contributed by atoms with Gasteiger partial charge < -0.3 is 15.2 Å². The third kappa shape index (κ3) is 1.15. The summed E-state index contributed by atoms with van der Waals surface area (Å²) in [5.41, 5.74) is 2.31. The van der Waals surface area contributed by atoms with Gasteiger partial charge >= 0.3 is 0 Å². The van der Waals surface area contributed by atoms with Crippen molar-refractivity contribution in [1.82, 2.24) is 15.2 Å². The molecule has 1 spiro atoms. The van der Waals surface area contributed by atoms with Crippen LogP contribution in [0.15, 0.2) is 24.3 Å². The molecule has 0 saturated carbocycles. The Morgan fingerprint density at radius 1 is 1.24 bits per heavy atom. The maximum Gasteiger partial charge on any atom is 0.252 e. The molecule has 106 valence electrons. The lowest BCUT2D eigenvalue weighted by molar-refractivity contribution is -0.154. The number of nitrogens with one attached hydrogen (secondary N) is 2. The number of carbonyl (C=O) groups is 2. The number of amides is 2. The van der Waals surface area contributed by atoms with Gasteiger partial charge in [-0.3, -0.25) is 9.59 Å². The summed E-state index contributed by atoms with van der Waals surface area (Å²) in [6.45, 7) is 0.678. The average molecular weight is 281 g/mol. The SMILES string of the molecule is O=C1[C@H]2Cc3c([nH]c4ccccc34)[C@]3(CCCN13)C(=O)N2. The first-order chi connectivity index (χ1) is 10.2. The number of aromatic amines is 1. The van der Waals surface area contributed by atoms with Gasteiger partial charge in [-0.2, -0.15) is 0 Å². The molecule has 5 heterocycles. The highest BCUT2D eigenvalue weighted by Crippen LogP contribution is 2.47. The first-order valence-corrected chi connectivity index (χ1v) is 7.44. The molecule has 21 heavy (non-hydrogen) atoms. The predicted molar refractivity (Wildman–Crippen MR) is 76.6 cm³/mol. The van der Waals surface area contributed by atoms with E-state index in [1.54, 1.807) is 4.90 Å². The zero-order chi connectivity index (χ0) is 14.2. The molecule has 4 aliphatic heterocycles. The van der Waals surface area contributed by atoms with E-state index in [2.05, 4.69) is 16.4 Å². The Kier molecular flexibility index (Phi) is 1.88. The van der Waals surface area contributed by atoms with E-state index in [4.69, 9.17) is 0 Å². The van der Waals surface area contributed by atoms with E-state index in [0.717, 1.165) is 28.6 Å². The molecule has 6 rings (SSSR count). The molecule has 2 fully saturated rings. The smallest absolute Gasteiger partial charge is 0.252 e. The normalized spacial score (nSPS) is 30.3. The summed E-state index contributed by atoms with van der Waals surface area (Å²) in [7, 11) is 0. The van der Waals surface area contributed by atoms with Crippen molar-refractivity contribution < 1.29 is 9.59 Å². The highest BCUT2D eigenvalue weighted by molar-refractivity contribution is 6.04. The second kappa shape index (κ2) is 3.47. The minimum Gasteiger partial charge on any atom is -0.356 e. The van der Waals surface area contributed by atoms with Crippen molar-refractivity contribution >= 4 is 22.7 Å². The number of para-hydroxylation sites is 1. The van der Waals surface area contributed by atoms with Gasteiger partial charge in [-0.15, -0.1) is 0 Å². The van der Waals surface area contributed by atoms with E-state index in [9.17, 15) is 9.59 Å². The van der Waals surface area contributed by atoms with Gasteiger partial charge in [-0.25, -0.2) is 0 Å². The number of fused-ring (bicyclic) bond motifs is 2. The van der Waals surface area contributed by atoms with Gasteiger partial charge in [0.2, 0.25) is 5.91 Å². The number of H-pyrrole nitrogens is 1. The maximum absolute atomic E-state index is 12.7. The molecular formula is C16H15N3O2. The number of benzene rings is 1. The molecule has 2 aromatic rings. The third-order valence-corrected chi connectivity index (χ3v) is 5.26. The van der Waals surface area contributed by atoms with Crippen LogP contribution in [0.4, 0.5) is 0 Å². The number of piperazine rings is 1. The van der Waals surface area contributed by atoms with Crippen LogP contribution in [0.25, 0.3) is 10.9 Å². The Morgan fingerprint density at radius 3 is 3.00 bits per heavy atom. The van der Waals surface area contributed by atoms with Crippen LogP contribution in [0, 0.1) is 0 Å². The van der Waals surface area contributed by atoms with Crippen LogP contribution < -0.4 is 5.32 Å². The quantitative estimate of drug-likeness (QED) is 0.758. The molecule has 2 saturated heterocycles. The molecule has 2 bridgehead atoms. The van der Waals surface area contributed by atoms with Crippen molar-refractivity contribution in [3.8, 4) is 0 Å². The molecule has 0 unspecified atom stereocenters. The van der Waals surface area contributed by atoms with Crippen LogP contribution in [0.3, 0.4) is 0 Å². The average Bonchev–Trinajstić information content (AvgIpc) is 3.03. The Morgan fingerprint density at radius 2 is 2.10 bits per heavy atom. The molecule has 0 aliphatic carbocycles. The Balaban J connectivity index is 1.90. The lowest BCUT2D eigenvalue weighted by atomic mass is 9.88. The zero-order valence-corrected chi connectivity index (χ0v) is 11.5. The van der Waals surface area contributed by atoms with Crippen LogP contribution in [-0.4, -0.2) is 34.3 Å². The van der Waals surface area contributed by atoms with Gasteiger partial charge in [0.15, 0.2) is 5.54 Å². The second-order valence-electron chi connectivity index (χ2n) is 6.21. The Hall–Kier alpha value is -2.30. The van der Waals surface area contributed by atoms with Gasteiger partial charge in [0.1, 0.15) is 6.04 Å². The highest BCUT2D eigenvalue weighted by Gasteiger charge is 2.60. The Bertz CT molecular complexity index is 809. The summed E-state index contributed by atoms with van der Waals surface area (Å²) in [5.74, 6) is 0.0516. The number of hydrogen-bond acceptors (Lipinski definition) is 2. The summed E-state index contributed by atoms with van der Waals surface area (Å²) in [4.78, 5) is 30.6. The molecule has 2 atom stereocenters. The van der Waals surface area contributed by atoms with Crippen molar-refractivity contribution in [2.24, 2.45) is 0 Å². The van der Waals surface area contributed by atoms with Gasteiger partial charge in [-0.1, -0.05) is 18.2 Å². The van der Waals surface area contributed by atoms with E-state index in [0.29, 0.717) is 19.4 Å². The van der Waals surface area contributed by atoms with Crippen molar-refractivity contribution in [2.45, 2.75) is 30.8 Å². The number of aromatic nitrogens is 1. The van der Waals surface area contributed by atoms with Gasteiger partial charge in [-0.05, 0) is 24.5 Å². The largest absolute Gasteiger partial charge is 0.356 e. The molecule has 1 aromatic heterocycles. The second-order valence-corrected chi connectivity index (χ2v) is 6.21. The van der Waals surface area contributed by atoms with Crippen molar-refractivity contribution in [2.75, 3.05) is 6.54 Å². The van der Waals surface area contributed by atoms with Gasteiger partial charge in [0.25, 0.3) is 5.91 Å². The van der Waals surface area contributed by atoms with Crippen molar-refractivity contribution in [3.63, 3.8) is 0 Å². The van der Waals surface area contributed by atoms with Crippen LogP contribution in [0.2, 0.25) is 0 Å². The fourth-order valence-electron chi connectivity index (χ4n) is 4.36. The van der Waals surface area contributed by atoms with Crippen LogP contribution in [0.1, 0.15) is 24.1 Å². The molecule has 4 aliphatic rings. The van der Waals surface area contributed by atoms with Crippen LogP contribution in [-0.2, 0) is 21.5 Å². The first-order valence-electron chi connectivity index (χ1n) is 7.44. The summed E-state index contributed by atoms with van der Waals surface area (Å²) in [6.07, 6.45) is 2.17. The predicted octanol–water partition coefficient (Wildman–Crippen LogP) is 1.04. The molecule has 5 heteroatoms. The lowest BCUT2D eigenvalue weighted by Gasteiger charge is -2.41.